The Morgan fingerprint density at radius 1 is 1.11 bits per heavy atom. The fourth-order valence-electron chi connectivity index (χ4n) is 2.36. The van der Waals surface area contributed by atoms with Crippen LogP contribution in [0, 0.1) is 5.92 Å². The summed E-state index contributed by atoms with van der Waals surface area (Å²) in [6.45, 7) is 9.93. The highest BCUT2D eigenvalue weighted by atomic mass is 127. The van der Waals surface area contributed by atoms with Crippen molar-refractivity contribution in [3.05, 3.63) is 29.8 Å². The van der Waals surface area contributed by atoms with Gasteiger partial charge in [-0.2, -0.15) is 0 Å². The van der Waals surface area contributed by atoms with Crippen LogP contribution in [0.4, 0.5) is 0 Å². The summed E-state index contributed by atoms with van der Waals surface area (Å²) in [5.41, 5.74) is 1.02. The summed E-state index contributed by atoms with van der Waals surface area (Å²) in [6, 6.07) is 7.95. The topological polar surface area (TPSA) is 74.8 Å². The van der Waals surface area contributed by atoms with E-state index < -0.39 is 0 Å². The van der Waals surface area contributed by atoms with E-state index in [2.05, 4.69) is 41.7 Å². The van der Waals surface area contributed by atoms with Gasteiger partial charge in [0.05, 0.1) is 7.11 Å². The smallest absolute Gasteiger partial charge is 0.242 e. The van der Waals surface area contributed by atoms with E-state index in [1.54, 1.807) is 7.11 Å². The molecule has 0 aliphatic heterocycles. The van der Waals surface area contributed by atoms with E-state index in [-0.39, 0.29) is 36.4 Å². The first-order chi connectivity index (χ1) is 12.4. The second-order valence-corrected chi connectivity index (χ2v) is 6.84. The van der Waals surface area contributed by atoms with E-state index in [1.807, 2.05) is 31.2 Å². The Morgan fingerprint density at radius 3 is 2.33 bits per heavy atom. The third-order valence-electron chi connectivity index (χ3n) is 3.93. The number of rotatable bonds is 10. The molecule has 3 N–H and O–H groups in total. The maximum atomic E-state index is 12.1. The standard InChI is InChI=1S/C20H34N4O2.HI/c1-6-21-20(24-16(4)8-7-15(2)3)23-14-19(25)22-13-17-9-11-18(26-5)12-10-17;/h9-12,15-16H,6-8,13-14H2,1-5H3,(H,22,25)(H2,21,23,24);1H. The molecule has 1 aromatic rings. The molecule has 0 aliphatic carbocycles. The summed E-state index contributed by atoms with van der Waals surface area (Å²) < 4.78 is 5.13. The Labute approximate surface area is 181 Å². The van der Waals surface area contributed by atoms with Crippen molar-refractivity contribution in [2.45, 2.75) is 53.1 Å². The Morgan fingerprint density at radius 2 is 1.78 bits per heavy atom. The molecule has 0 aromatic heterocycles. The maximum Gasteiger partial charge on any atom is 0.242 e. The van der Waals surface area contributed by atoms with Gasteiger partial charge in [0.25, 0.3) is 0 Å². The first kappa shape index (κ1) is 25.5. The van der Waals surface area contributed by atoms with Crippen LogP contribution in [0.5, 0.6) is 5.75 Å². The number of halogens is 1. The van der Waals surface area contributed by atoms with Gasteiger partial charge < -0.3 is 20.7 Å². The quantitative estimate of drug-likeness (QED) is 0.267. The third kappa shape index (κ3) is 11.7. The van der Waals surface area contributed by atoms with Crippen LogP contribution in [0.1, 0.15) is 46.1 Å². The van der Waals surface area contributed by atoms with Gasteiger partial charge in [0.2, 0.25) is 5.91 Å². The number of benzene rings is 1. The molecule has 0 aliphatic rings. The minimum atomic E-state index is -0.104. The van der Waals surface area contributed by atoms with Crippen molar-refractivity contribution >= 4 is 35.8 Å². The first-order valence-electron chi connectivity index (χ1n) is 9.39. The predicted octanol–water partition coefficient (Wildman–Crippen LogP) is 3.31. The van der Waals surface area contributed by atoms with E-state index in [0.29, 0.717) is 24.5 Å². The number of amides is 1. The van der Waals surface area contributed by atoms with Crippen molar-refractivity contribution in [3.63, 3.8) is 0 Å². The molecule has 0 spiro atoms. The van der Waals surface area contributed by atoms with Crippen LogP contribution in [-0.2, 0) is 11.3 Å². The fourth-order valence-corrected chi connectivity index (χ4v) is 2.36. The number of hydrogen-bond donors (Lipinski definition) is 3. The zero-order chi connectivity index (χ0) is 19.4. The zero-order valence-corrected chi connectivity index (χ0v) is 19.5. The monoisotopic (exact) mass is 490 g/mol. The maximum absolute atomic E-state index is 12.1. The van der Waals surface area contributed by atoms with E-state index in [4.69, 9.17) is 4.74 Å². The van der Waals surface area contributed by atoms with Crippen molar-refractivity contribution in [2.75, 3.05) is 20.2 Å². The van der Waals surface area contributed by atoms with Crippen LogP contribution in [0.2, 0.25) is 0 Å². The fraction of sp³-hybridized carbons (Fsp3) is 0.600. The first-order valence-corrected chi connectivity index (χ1v) is 9.39. The van der Waals surface area contributed by atoms with E-state index in [0.717, 1.165) is 30.7 Å². The Hall–Kier alpha value is -1.51. The lowest BCUT2D eigenvalue weighted by Gasteiger charge is -2.18. The lowest BCUT2D eigenvalue weighted by Crippen LogP contribution is -2.43. The van der Waals surface area contributed by atoms with Crippen molar-refractivity contribution in [3.8, 4) is 5.75 Å². The zero-order valence-electron chi connectivity index (χ0n) is 17.2. The highest BCUT2D eigenvalue weighted by Crippen LogP contribution is 2.10. The molecule has 0 saturated carbocycles. The van der Waals surface area contributed by atoms with Gasteiger partial charge in [-0.1, -0.05) is 26.0 Å². The molecular weight excluding hydrogens is 455 g/mol. The Kier molecular flexibility index (Phi) is 13.7. The molecule has 27 heavy (non-hydrogen) atoms. The van der Waals surface area contributed by atoms with Gasteiger partial charge in [0, 0.05) is 19.1 Å². The van der Waals surface area contributed by atoms with Gasteiger partial charge in [-0.3, -0.25) is 4.79 Å². The second kappa shape index (κ2) is 14.5. The number of ether oxygens (including phenoxy) is 1. The summed E-state index contributed by atoms with van der Waals surface area (Å²) >= 11 is 0. The Bertz CT molecular complexity index is 562. The number of nitrogens with zero attached hydrogens (tertiary/aromatic N) is 1. The SMILES string of the molecule is CCNC(=NCC(=O)NCc1ccc(OC)cc1)NC(C)CCC(C)C.I. The molecule has 0 bridgehead atoms. The number of methoxy groups -OCH3 is 1. The van der Waals surface area contributed by atoms with Crippen LogP contribution >= 0.6 is 24.0 Å². The summed E-state index contributed by atoms with van der Waals surface area (Å²) in [5, 5.41) is 9.43. The van der Waals surface area contributed by atoms with Crippen LogP contribution in [-0.4, -0.2) is 38.1 Å². The normalized spacial score (nSPS) is 12.1. The number of carbonyl (C=O) groups is 1. The summed E-state index contributed by atoms with van der Waals surface area (Å²) in [6.07, 6.45) is 2.24. The lowest BCUT2D eigenvalue weighted by atomic mass is 10.0. The minimum Gasteiger partial charge on any atom is -0.497 e. The molecule has 1 atom stereocenters. The summed E-state index contributed by atoms with van der Waals surface area (Å²) in [5.74, 6) is 2.07. The van der Waals surface area contributed by atoms with Crippen LogP contribution in [0.15, 0.2) is 29.3 Å². The molecule has 6 nitrogen and oxygen atoms in total. The molecule has 1 amide bonds. The van der Waals surface area contributed by atoms with Crippen LogP contribution in [0.25, 0.3) is 0 Å². The Balaban J connectivity index is 0.00000676. The van der Waals surface area contributed by atoms with Gasteiger partial charge in [0.1, 0.15) is 12.3 Å². The average molecular weight is 490 g/mol. The van der Waals surface area contributed by atoms with Crippen molar-refractivity contribution in [2.24, 2.45) is 10.9 Å². The molecule has 0 heterocycles. The van der Waals surface area contributed by atoms with Gasteiger partial charge >= 0.3 is 0 Å². The van der Waals surface area contributed by atoms with Crippen LogP contribution in [0.3, 0.4) is 0 Å². The molecule has 1 rings (SSSR count). The highest BCUT2D eigenvalue weighted by Gasteiger charge is 2.07. The number of hydrogen-bond acceptors (Lipinski definition) is 3. The molecule has 1 unspecified atom stereocenters. The average Bonchev–Trinajstić information content (AvgIpc) is 2.63. The largest absolute Gasteiger partial charge is 0.497 e. The second-order valence-electron chi connectivity index (χ2n) is 6.84. The summed E-state index contributed by atoms with van der Waals surface area (Å²) in [4.78, 5) is 16.4. The lowest BCUT2D eigenvalue weighted by molar-refractivity contribution is -0.119. The molecule has 0 radical (unpaired) electrons. The molecule has 0 fully saturated rings. The van der Waals surface area contributed by atoms with Gasteiger partial charge in [-0.05, 0) is 50.3 Å². The van der Waals surface area contributed by atoms with Gasteiger partial charge in [0.15, 0.2) is 5.96 Å². The number of aliphatic imine (C=N–C) groups is 1. The van der Waals surface area contributed by atoms with Crippen molar-refractivity contribution in [1.29, 1.82) is 0 Å². The minimum absolute atomic E-state index is 0. The van der Waals surface area contributed by atoms with Crippen molar-refractivity contribution < 1.29 is 9.53 Å². The number of carbonyl (C=O) groups excluding carboxylic acids is 1. The molecule has 1 aromatic carbocycles. The molecular formula is C20H35IN4O2. The van der Waals surface area contributed by atoms with E-state index in [9.17, 15) is 4.79 Å². The summed E-state index contributed by atoms with van der Waals surface area (Å²) in [7, 11) is 1.63. The van der Waals surface area contributed by atoms with E-state index in [1.165, 1.54) is 0 Å². The molecule has 7 heteroatoms. The van der Waals surface area contributed by atoms with Gasteiger partial charge in [-0.25, -0.2) is 4.99 Å². The number of nitrogens with one attached hydrogen (secondary N) is 3. The third-order valence-corrected chi connectivity index (χ3v) is 3.93. The molecule has 154 valence electrons. The highest BCUT2D eigenvalue weighted by molar-refractivity contribution is 14.0. The number of guanidine groups is 1. The molecule has 0 saturated heterocycles. The van der Waals surface area contributed by atoms with Gasteiger partial charge in [-0.15, -0.1) is 24.0 Å². The van der Waals surface area contributed by atoms with Crippen LogP contribution < -0.4 is 20.7 Å². The van der Waals surface area contributed by atoms with E-state index >= 15 is 0 Å². The predicted molar refractivity (Wildman–Crippen MR) is 123 cm³/mol. The van der Waals surface area contributed by atoms with Crippen molar-refractivity contribution in [1.82, 2.24) is 16.0 Å².